The normalized spacial score (nSPS) is 17.2. The number of rotatable bonds is 3. The molecule has 2 N–H and O–H groups in total. The van der Waals surface area contributed by atoms with Crippen molar-refractivity contribution < 1.29 is 13.2 Å². The molecule has 2 rings (SSSR count). The average Bonchev–Trinajstić information content (AvgIpc) is 2.38. The fourth-order valence-electron chi connectivity index (χ4n) is 2.97. The topological polar surface area (TPSA) is 29.3 Å². The summed E-state index contributed by atoms with van der Waals surface area (Å²) < 4.78 is 39.3. The highest BCUT2D eigenvalue weighted by molar-refractivity contribution is 5.60. The smallest absolute Gasteiger partial charge is 0.399 e. The molecule has 0 saturated heterocycles. The molecule has 5 heteroatoms. The summed E-state index contributed by atoms with van der Waals surface area (Å²) in [5, 5.41) is 0. The van der Waals surface area contributed by atoms with Crippen LogP contribution in [0, 0.1) is 5.92 Å². The fourth-order valence-corrected chi connectivity index (χ4v) is 2.97. The number of nitrogen functional groups attached to an aromatic ring is 1. The number of halogens is 3. The minimum Gasteiger partial charge on any atom is -0.399 e. The van der Waals surface area contributed by atoms with Gasteiger partial charge in [0, 0.05) is 25.0 Å². The maximum absolute atomic E-state index is 13.1. The van der Waals surface area contributed by atoms with E-state index in [4.69, 9.17) is 5.73 Å². The number of anilines is 2. The maximum atomic E-state index is 13.1. The molecule has 1 aliphatic rings. The fraction of sp³-hybridized carbons (Fsp3) is 0.600. The highest BCUT2D eigenvalue weighted by atomic mass is 19.4. The molecule has 20 heavy (non-hydrogen) atoms. The van der Waals surface area contributed by atoms with E-state index in [1.165, 1.54) is 31.4 Å². The average molecular weight is 286 g/mol. The van der Waals surface area contributed by atoms with Crippen molar-refractivity contribution in [1.29, 1.82) is 0 Å². The van der Waals surface area contributed by atoms with E-state index in [9.17, 15) is 13.2 Å². The van der Waals surface area contributed by atoms with E-state index in [0.717, 1.165) is 18.9 Å². The third-order valence-electron chi connectivity index (χ3n) is 3.99. The van der Waals surface area contributed by atoms with Gasteiger partial charge in [-0.25, -0.2) is 0 Å². The lowest BCUT2D eigenvalue weighted by Gasteiger charge is -2.30. The highest BCUT2D eigenvalue weighted by Gasteiger charge is 2.35. The van der Waals surface area contributed by atoms with Gasteiger partial charge in [0.25, 0.3) is 0 Å². The molecule has 1 aliphatic carbocycles. The Balaban J connectivity index is 2.18. The largest absolute Gasteiger partial charge is 0.418 e. The second-order valence-corrected chi connectivity index (χ2v) is 5.66. The van der Waals surface area contributed by atoms with Crippen LogP contribution in [-0.2, 0) is 6.18 Å². The van der Waals surface area contributed by atoms with E-state index in [0.29, 0.717) is 12.5 Å². The van der Waals surface area contributed by atoms with Crippen molar-refractivity contribution in [2.75, 3.05) is 24.2 Å². The lowest BCUT2D eigenvalue weighted by molar-refractivity contribution is -0.137. The Morgan fingerprint density at radius 3 is 2.45 bits per heavy atom. The zero-order chi connectivity index (χ0) is 14.8. The van der Waals surface area contributed by atoms with Crippen molar-refractivity contribution in [3.63, 3.8) is 0 Å². The predicted molar refractivity (Wildman–Crippen MR) is 75.7 cm³/mol. The summed E-state index contributed by atoms with van der Waals surface area (Å²) in [5.74, 6) is 0.493. The zero-order valence-electron chi connectivity index (χ0n) is 11.7. The predicted octanol–water partition coefficient (Wildman–Crippen LogP) is 4.30. The number of hydrogen-bond acceptors (Lipinski definition) is 2. The number of benzene rings is 1. The van der Waals surface area contributed by atoms with Crippen LogP contribution in [0.1, 0.15) is 37.7 Å². The summed E-state index contributed by atoms with van der Waals surface area (Å²) in [6.45, 7) is 0.674. The Morgan fingerprint density at radius 2 is 1.85 bits per heavy atom. The molecule has 1 saturated carbocycles. The van der Waals surface area contributed by atoms with Gasteiger partial charge >= 0.3 is 6.18 Å². The van der Waals surface area contributed by atoms with E-state index < -0.39 is 11.7 Å². The molecule has 0 aliphatic heterocycles. The van der Waals surface area contributed by atoms with Crippen molar-refractivity contribution in [1.82, 2.24) is 0 Å². The number of alkyl halides is 3. The van der Waals surface area contributed by atoms with Crippen molar-refractivity contribution >= 4 is 11.4 Å². The second kappa shape index (κ2) is 5.94. The van der Waals surface area contributed by atoms with Crippen LogP contribution in [0.25, 0.3) is 0 Å². The molecule has 0 aromatic heterocycles. The number of hydrogen-bond donors (Lipinski definition) is 1. The monoisotopic (exact) mass is 286 g/mol. The van der Waals surface area contributed by atoms with Gasteiger partial charge in [-0.05, 0) is 37.0 Å². The van der Waals surface area contributed by atoms with Crippen LogP contribution in [0.4, 0.5) is 24.5 Å². The molecule has 1 aromatic rings. The molecule has 0 radical (unpaired) electrons. The van der Waals surface area contributed by atoms with Gasteiger partial charge in [0.2, 0.25) is 0 Å². The molecule has 2 nitrogen and oxygen atoms in total. The molecular formula is C15H21F3N2. The van der Waals surface area contributed by atoms with Crippen LogP contribution in [-0.4, -0.2) is 13.6 Å². The summed E-state index contributed by atoms with van der Waals surface area (Å²) >= 11 is 0. The molecular weight excluding hydrogens is 265 g/mol. The standard InChI is InChI=1S/C15H21F3N2/c1-20(10-11-5-3-2-4-6-11)14-8-7-12(19)9-13(14)15(16,17)18/h7-9,11H,2-6,10,19H2,1H3. The summed E-state index contributed by atoms with van der Waals surface area (Å²) in [6, 6.07) is 4.02. The van der Waals surface area contributed by atoms with Crippen molar-refractivity contribution in [2.24, 2.45) is 5.92 Å². The molecule has 0 unspecified atom stereocenters. The minimum atomic E-state index is -4.37. The van der Waals surface area contributed by atoms with Gasteiger partial charge in [-0.1, -0.05) is 19.3 Å². The lowest BCUT2D eigenvalue weighted by atomic mass is 9.89. The Hall–Kier alpha value is -1.39. The Morgan fingerprint density at radius 1 is 1.20 bits per heavy atom. The van der Waals surface area contributed by atoms with Crippen molar-refractivity contribution in [3.05, 3.63) is 23.8 Å². The first-order chi connectivity index (χ1) is 9.38. The van der Waals surface area contributed by atoms with Crippen LogP contribution >= 0.6 is 0 Å². The van der Waals surface area contributed by atoms with Gasteiger partial charge in [0.15, 0.2) is 0 Å². The number of nitrogens with zero attached hydrogens (tertiary/aromatic N) is 1. The SMILES string of the molecule is CN(CC1CCCCC1)c1ccc(N)cc1C(F)(F)F. The van der Waals surface area contributed by atoms with E-state index >= 15 is 0 Å². The third kappa shape index (κ3) is 3.58. The third-order valence-corrected chi connectivity index (χ3v) is 3.99. The molecule has 1 aromatic carbocycles. The van der Waals surface area contributed by atoms with E-state index in [-0.39, 0.29) is 11.4 Å². The molecule has 0 bridgehead atoms. The summed E-state index contributed by atoms with van der Waals surface area (Å²) in [7, 11) is 1.73. The van der Waals surface area contributed by atoms with Gasteiger partial charge in [0.1, 0.15) is 0 Å². The van der Waals surface area contributed by atoms with Crippen molar-refractivity contribution in [3.8, 4) is 0 Å². The molecule has 0 spiro atoms. The first kappa shape index (κ1) is 15.0. The molecule has 0 heterocycles. The van der Waals surface area contributed by atoms with Gasteiger partial charge in [0.05, 0.1) is 5.56 Å². The van der Waals surface area contributed by atoms with Gasteiger partial charge in [-0.15, -0.1) is 0 Å². The van der Waals surface area contributed by atoms with Gasteiger partial charge < -0.3 is 10.6 Å². The van der Waals surface area contributed by atoms with Gasteiger partial charge in [-0.2, -0.15) is 13.2 Å². The second-order valence-electron chi connectivity index (χ2n) is 5.66. The van der Waals surface area contributed by atoms with E-state index in [1.54, 1.807) is 11.9 Å². The maximum Gasteiger partial charge on any atom is 0.418 e. The summed E-state index contributed by atoms with van der Waals surface area (Å²) in [5.41, 5.74) is 5.21. The van der Waals surface area contributed by atoms with Crippen LogP contribution in [0.3, 0.4) is 0 Å². The van der Waals surface area contributed by atoms with Crippen LogP contribution in [0.15, 0.2) is 18.2 Å². The van der Waals surface area contributed by atoms with Gasteiger partial charge in [-0.3, -0.25) is 0 Å². The Labute approximate surface area is 117 Å². The summed E-state index contributed by atoms with van der Waals surface area (Å²) in [4.78, 5) is 1.72. The Kier molecular flexibility index (Phi) is 4.45. The number of nitrogens with two attached hydrogens (primary N) is 1. The quantitative estimate of drug-likeness (QED) is 0.839. The van der Waals surface area contributed by atoms with Crippen molar-refractivity contribution in [2.45, 2.75) is 38.3 Å². The highest BCUT2D eigenvalue weighted by Crippen LogP contribution is 2.38. The lowest BCUT2D eigenvalue weighted by Crippen LogP contribution is -2.28. The first-order valence-corrected chi connectivity index (χ1v) is 7.06. The molecule has 0 amide bonds. The minimum absolute atomic E-state index is 0.146. The van der Waals surface area contributed by atoms with E-state index in [2.05, 4.69) is 0 Å². The molecule has 0 atom stereocenters. The zero-order valence-corrected chi connectivity index (χ0v) is 11.7. The van der Waals surface area contributed by atoms with E-state index in [1.807, 2.05) is 0 Å². The molecule has 112 valence electrons. The Bertz CT molecular complexity index is 451. The van der Waals surface area contributed by atoms with Crippen LogP contribution in [0.2, 0.25) is 0 Å². The van der Waals surface area contributed by atoms with Crippen LogP contribution in [0.5, 0.6) is 0 Å². The molecule has 1 fully saturated rings. The van der Waals surface area contributed by atoms with Crippen LogP contribution < -0.4 is 10.6 Å². The first-order valence-electron chi connectivity index (χ1n) is 7.06. The summed E-state index contributed by atoms with van der Waals surface area (Å²) in [6.07, 6.45) is 1.47.